The molecule has 1 amide bonds. The number of hydrogen-bond donors (Lipinski definition) is 0. The predicted molar refractivity (Wildman–Crippen MR) is 86.6 cm³/mol. The van der Waals surface area contributed by atoms with Gasteiger partial charge in [-0.3, -0.25) is 4.79 Å². The number of nitrogens with zero attached hydrogens (tertiary/aromatic N) is 4. The van der Waals surface area contributed by atoms with E-state index in [1.54, 1.807) is 35.5 Å². The molecule has 2 aromatic rings. The summed E-state index contributed by atoms with van der Waals surface area (Å²) in [6, 6.07) is 6.99. The topological polar surface area (TPSA) is 49.3 Å². The number of amides is 1. The van der Waals surface area contributed by atoms with Crippen LogP contribution in [0.2, 0.25) is 10.2 Å². The molecule has 0 saturated carbocycles. The summed E-state index contributed by atoms with van der Waals surface area (Å²) < 4.78 is 0. The Balaban J connectivity index is 1.67. The van der Waals surface area contributed by atoms with Crippen LogP contribution in [0, 0.1) is 0 Å². The van der Waals surface area contributed by atoms with E-state index in [-0.39, 0.29) is 11.1 Å². The average Bonchev–Trinajstić information content (AvgIpc) is 2.55. The number of anilines is 1. The Morgan fingerprint density at radius 3 is 2.50 bits per heavy atom. The van der Waals surface area contributed by atoms with Crippen LogP contribution in [0.15, 0.2) is 36.7 Å². The molecule has 0 atom stereocenters. The lowest BCUT2D eigenvalue weighted by molar-refractivity contribution is 0.0746. The fourth-order valence-electron chi connectivity index (χ4n) is 2.42. The van der Waals surface area contributed by atoms with Crippen molar-refractivity contribution in [1.29, 1.82) is 0 Å². The van der Waals surface area contributed by atoms with Crippen molar-refractivity contribution in [3.8, 4) is 0 Å². The van der Waals surface area contributed by atoms with Gasteiger partial charge in [0.15, 0.2) is 0 Å². The lowest BCUT2D eigenvalue weighted by atomic mass is 10.2. The number of aromatic nitrogens is 2. The Labute approximate surface area is 138 Å². The Bertz CT molecular complexity index is 687. The highest BCUT2D eigenvalue weighted by Crippen LogP contribution is 2.20. The Morgan fingerprint density at radius 2 is 1.82 bits per heavy atom. The molecule has 7 heteroatoms. The molecule has 114 valence electrons. The summed E-state index contributed by atoms with van der Waals surface area (Å²) in [4.78, 5) is 24.6. The van der Waals surface area contributed by atoms with Crippen LogP contribution in [0.4, 0.5) is 5.82 Å². The maximum Gasteiger partial charge on any atom is 0.257 e. The molecule has 0 bridgehead atoms. The predicted octanol–water partition coefficient (Wildman–Crippen LogP) is 2.75. The third-order valence-electron chi connectivity index (χ3n) is 3.59. The minimum atomic E-state index is -0.0863. The van der Waals surface area contributed by atoms with Gasteiger partial charge in [0, 0.05) is 43.6 Å². The van der Waals surface area contributed by atoms with Crippen molar-refractivity contribution in [2.45, 2.75) is 0 Å². The first-order chi connectivity index (χ1) is 10.6. The second-order valence-electron chi connectivity index (χ2n) is 4.95. The lowest BCUT2D eigenvalue weighted by Gasteiger charge is -2.35. The van der Waals surface area contributed by atoms with E-state index in [9.17, 15) is 4.79 Å². The van der Waals surface area contributed by atoms with E-state index in [4.69, 9.17) is 23.2 Å². The summed E-state index contributed by atoms with van der Waals surface area (Å²) in [5.74, 6) is 0.746. The fraction of sp³-hybridized carbons (Fsp3) is 0.267. The van der Waals surface area contributed by atoms with Gasteiger partial charge in [0.25, 0.3) is 5.91 Å². The molecule has 3 rings (SSSR count). The molecule has 0 N–H and O–H groups in total. The number of hydrogen-bond acceptors (Lipinski definition) is 4. The molecule has 2 aromatic heterocycles. The van der Waals surface area contributed by atoms with Crippen LogP contribution in [-0.2, 0) is 0 Å². The van der Waals surface area contributed by atoms with E-state index < -0.39 is 0 Å². The van der Waals surface area contributed by atoms with Crippen molar-refractivity contribution in [2.24, 2.45) is 0 Å². The molecular formula is C15H14Cl2N4O. The maximum atomic E-state index is 12.5. The van der Waals surface area contributed by atoms with Crippen LogP contribution in [-0.4, -0.2) is 47.0 Å². The minimum Gasteiger partial charge on any atom is -0.353 e. The quantitative estimate of drug-likeness (QED) is 0.791. The second-order valence-corrected chi connectivity index (χ2v) is 5.75. The zero-order valence-corrected chi connectivity index (χ0v) is 13.3. The number of pyridine rings is 2. The molecule has 1 fully saturated rings. The van der Waals surface area contributed by atoms with Gasteiger partial charge in [0.1, 0.15) is 11.0 Å². The Hall–Kier alpha value is -1.85. The molecule has 0 aliphatic carbocycles. The largest absolute Gasteiger partial charge is 0.353 e. The number of carbonyl (C=O) groups excluding carboxylic acids is 1. The Morgan fingerprint density at radius 1 is 1.05 bits per heavy atom. The number of carbonyl (C=O) groups is 1. The SMILES string of the molecule is O=C(c1cccnc1Cl)N1CCN(c2cc(Cl)ccn2)CC1. The lowest BCUT2D eigenvalue weighted by Crippen LogP contribution is -2.49. The van der Waals surface area contributed by atoms with Crippen LogP contribution in [0.3, 0.4) is 0 Å². The van der Waals surface area contributed by atoms with E-state index in [0.717, 1.165) is 5.82 Å². The standard InChI is InChI=1S/C15H14Cl2N4O/c16-11-3-5-18-13(10-11)20-6-8-21(9-7-20)15(22)12-2-1-4-19-14(12)17/h1-5,10H,6-9H2. The van der Waals surface area contributed by atoms with E-state index in [2.05, 4.69) is 14.9 Å². The van der Waals surface area contributed by atoms with Gasteiger partial charge in [0.05, 0.1) is 5.56 Å². The van der Waals surface area contributed by atoms with E-state index in [1.807, 2.05) is 6.07 Å². The molecule has 1 saturated heterocycles. The number of halogens is 2. The summed E-state index contributed by atoms with van der Waals surface area (Å²) in [6.45, 7) is 2.63. The monoisotopic (exact) mass is 336 g/mol. The van der Waals surface area contributed by atoms with Crippen molar-refractivity contribution >= 4 is 34.9 Å². The van der Waals surface area contributed by atoms with Crippen molar-refractivity contribution < 1.29 is 4.79 Å². The first kappa shape index (κ1) is 15.1. The fourth-order valence-corrected chi connectivity index (χ4v) is 2.78. The van der Waals surface area contributed by atoms with Crippen LogP contribution in [0.1, 0.15) is 10.4 Å². The summed E-state index contributed by atoms with van der Waals surface area (Å²) >= 11 is 12.0. The van der Waals surface area contributed by atoms with Crippen molar-refractivity contribution in [3.63, 3.8) is 0 Å². The zero-order chi connectivity index (χ0) is 15.5. The zero-order valence-electron chi connectivity index (χ0n) is 11.7. The molecular weight excluding hydrogens is 323 g/mol. The molecule has 0 aromatic carbocycles. The smallest absolute Gasteiger partial charge is 0.257 e. The molecule has 0 spiro atoms. The van der Waals surface area contributed by atoms with Crippen LogP contribution in [0.25, 0.3) is 0 Å². The van der Waals surface area contributed by atoms with Crippen molar-refractivity contribution in [2.75, 3.05) is 31.1 Å². The molecule has 5 nitrogen and oxygen atoms in total. The van der Waals surface area contributed by atoms with Gasteiger partial charge in [0.2, 0.25) is 0 Å². The average molecular weight is 337 g/mol. The Kier molecular flexibility index (Phi) is 4.45. The van der Waals surface area contributed by atoms with Crippen LogP contribution in [0.5, 0.6) is 0 Å². The summed E-state index contributed by atoms with van der Waals surface area (Å²) in [7, 11) is 0. The van der Waals surface area contributed by atoms with Gasteiger partial charge in [-0.15, -0.1) is 0 Å². The van der Waals surface area contributed by atoms with Gasteiger partial charge in [-0.2, -0.15) is 0 Å². The van der Waals surface area contributed by atoms with Gasteiger partial charge >= 0.3 is 0 Å². The highest BCUT2D eigenvalue weighted by Gasteiger charge is 2.24. The third kappa shape index (κ3) is 3.15. The summed E-state index contributed by atoms with van der Waals surface area (Å²) in [6.07, 6.45) is 3.26. The molecule has 0 radical (unpaired) electrons. The van der Waals surface area contributed by atoms with Gasteiger partial charge < -0.3 is 9.80 Å². The van der Waals surface area contributed by atoms with Crippen LogP contribution < -0.4 is 4.90 Å². The normalized spacial score (nSPS) is 15.0. The molecule has 22 heavy (non-hydrogen) atoms. The number of rotatable bonds is 2. The third-order valence-corrected chi connectivity index (χ3v) is 4.12. The summed E-state index contributed by atoms with van der Waals surface area (Å²) in [5.41, 5.74) is 0.443. The van der Waals surface area contributed by atoms with Crippen molar-refractivity contribution in [3.05, 3.63) is 52.4 Å². The molecule has 0 unspecified atom stereocenters. The van der Waals surface area contributed by atoms with Gasteiger partial charge in [-0.05, 0) is 24.3 Å². The van der Waals surface area contributed by atoms with E-state index >= 15 is 0 Å². The van der Waals surface area contributed by atoms with Gasteiger partial charge in [-0.25, -0.2) is 9.97 Å². The first-order valence-corrected chi connectivity index (χ1v) is 7.67. The summed E-state index contributed by atoms with van der Waals surface area (Å²) in [5, 5.41) is 0.900. The number of piperazine rings is 1. The molecule has 1 aliphatic heterocycles. The molecule has 3 heterocycles. The van der Waals surface area contributed by atoms with Crippen molar-refractivity contribution in [1.82, 2.24) is 14.9 Å². The van der Waals surface area contributed by atoms with Crippen LogP contribution >= 0.6 is 23.2 Å². The van der Waals surface area contributed by atoms with Gasteiger partial charge in [-0.1, -0.05) is 23.2 Å². The van der Waals surface area contributed by atoms with E-state index in [0.29, 0.717) is 36.8 Å². The highest BCUT2D eigenvalue weighted by atomic mass is 35.5. The maximum absolute atomic E-state index is 12.5. The van der Waals surface area contributed by atoms with E-state index in [1.165, 1.54) is 0 Å². The highest BCUT2D eigenvalue weighted by molar-refractivity contribution is 6.32. The first-order valence-electron chi connectivity index (χ1n) is 6.91. The second kappa shape index (κ2) is 6.50. The minimum absolute atomic E-state index is 0.0863. The molecule has 1 aliphatic rings.